The number of hydrogen-bond donors (Lipinski definition) is 1. The fourth-order valence-corrected chi connectivity index (χ4v) is 4.69. The molecule has 11 heteroatoms. The third-order valence-corrected chi connectivity index (χ3v) is 6.85. The van der Waals surface area contributed by atoms with E-state index in [1.54, 1.807) is 59.4 Å². The number of hydrogen-bond acceptors (Lipinski definition) is 6. The normalized spacial score (nSPS) is 15.3. The predicted molar refractivity (Wildman–Crippen MR) is 131 cm³/mol. The molecule has 9 nitrogen and oxygen atoms in total. The highest BCUT2D eigenvalue weighted by atomic mass is 19.3. The number of nitrogens with zero attached hydrogens (tertiary/aromatic N) is 5. The lowest BCUT2D eigenvalue weighted by Gasteiger charge is -2.35. The number of fused-ring (bicyclic) bond motifs is 1. The Hall–Kier alpha value is -4.12. The van der Waals surface area contributed by atoms with Crippen LogP contribution in [-0.4, -0.2) is 55.4 Å². The molecular weight excluding hydrogens is 484 g/mol. The van der Waals surface area contributed by atoms with Crippen LogP contribution < -0.4 is 10.3 Å². The molecule has 5 rings (SSSR count). The van der Waals surface area contributed by atoms with Crippen molar-refractivity contribution >= 4 is 17.3 Å². The zero-order chi connectivity index (χ0) is 26.2. The number of likely N-dealkylation sites (tertiary alicyclic amines) is 1. The molecule has 0 spiro atoms. The molecule has 2 aromatic carbocycles. The number of benzene rings is 2. The number of amides is 1. The van der Waals surface area contributed by atoms with E-state index in [-0.39, 0.29) is 17.9 Å². The third kappa shape index (κ3) is 4.69. The molecule has 0 saturated carbocycles. The van der Waals surface area contributed by atoms with E-state index in [0.29, 0.717) is 53.8 Å². The molecule has 1 amide bonds. The van der Waals surface area contributed by atoms with Gasteiger partial charge in [-0.25, -0.2) is 9.97 Å². The third-order valence-electron chi connectivity index (χ3n) is 6.85. The maximum atomic E-state index is 12.9. The number of alkyl halides is 2. The first-order valence-electron chi connectivity index (χ1n) is 11.8. The van der Waals surface area contributed by atoms with Gasteiger partial charge in [-0.15, -0.1) is 0 Å². The lowest BCUT2D eigenvalue weighted by Crippen LogP contribution is -2.42. The molecule has 0 unspecified atom stereocenters. The van der Waals surface area contributed by atoms with E-state index in [2.05, 4.69) is 14.7 Å². The minimum Gasteiger partial charge on any atom is -0.434 e. The lowest BCUT2D eigenvalue weighted by molar-refractivity contribution is -0.122. The van der Waals surface area contributed by atoms with Crippen molar-refractivity contribution in [1.82, 2.24) is 24.2 Å². The van der Waals surface area contributed by atoms with Gasteiger partial charge in [-0.2, -0.15) is 8.78 Å². The van der Waals surface area contributed by atoms with Crippen molar-refractivity contribution in [3.05, 3.63) is 76.6 Å². The molecule has 3 heterocycles. The van der Waals surface area contributed by atoms with Gasteiger partial charge in [-0.1, -0.05) is 24.3 Å². The van der Waals surface area contributed by atoms with Crippen LogP contribution in [0.25, 0.3) is 22.0 Å². The summed E-state index contributed by atoms with van der Waals surface area (Å²) in [6.45, 7) is -1.96. The Bertz CT molecular complexity index is 1490. The Kier molecular flexibility index (Phi) is 6.46. The highest BCUT2D eigenvalue weighted by molar-refractivity contribution is 5.84. The van der Waals surface area contributed by atoms with Crippen molar-refractivity contribution in [2.75, 3.05) is 13.1 Å². The maximum absolute atomic E-state index is 12.9. The largest absolute Gasteiger partial charge is 0.434 e. The number of aliphatic hydroxyl groups is 1. The number of halogens is 2. The summed E-state index contributed by atoms with van der Waals surface area (Å²) in [5.74, 6) is 0.346. The number of carbonyl (C=O) groups excluding carboxylic acids is 1. The van der Waals surface area contributed by atoms with E-state index in [9.17, 15) is 23.5 Å². The van der Waals surface area contributed by atoms with Crippen LogP contribution in [0.15, 0.2) is 59.7 Å². The molecule has 1 aliphatic rings. The van der Waals surface area contributed by atoms with Gasteiger partial charge in [-0.3, -0.25) is 19.0 Å². The monoisotopic (exact) mass is 509 g/mol. The number of piperidine rings is 1. The smallest absolute Gasteiger partial charge is 0.387 e. The lowest BCUT2D eigenvalue weighted by atomic mass is 9.90. The van der Waals surface area contributed by atoms with E-state index < -0.39 is 12.2 Å². The number of ether oxygens (including phenoxy) is 1. The molecule has 0 aliphatic carbocycles. The van der Waals surface area contributed by atoms with E-state index in [1.807, 2.05) is 6.07 Å². The van der Waals surface area contributed by atoms with Gasteiger partial charge in [-0.05, 0) is 23.8 Å². The average molecular weight is 510 g/mol. The molecule has 0 bridgehead atoms. The van der Waals surface area contributed by atoms with E-state index in [4.69, 9.17) is 0 Å². The van der Waals surface area contributed by atoms with Crippen molar-refractivity contribution in [3.8, 4) is 16.9 Å². The number of rotatable bonds is 7. The average Bonchev–Trinajstić information content (AvgIpc) is 3.14. The molecule has 1 fully saturated rings. The van der Waals surface area contributed by atoms with Crippen molar-refractivity contribution < 1.29 is 23.4 Å². The summed E-state index contributed by atoms with van der Waals surface area (Å²) in [4.78, 5) is 34.2. The Balaban J connectivity index is 1.47. The molecule has 4 aromatic rings. The Morgan fingerprint density at radius 2 is 1.81 bits per heavy atom. The van der Waals surface area contributed by atoms with Crippen LogP contribution in [0, 0.1) is 0 Å². The highest BCUT2D eigenvalue weighted by Crippen LogP contribution is 2.31. The fraction of sp³-hybridized carbons (Fsp3) is 0.308. The zero-order valence-electron chi connectivity index (χ0n) is 20.1. The maximum Gasteiger partial charge on any atom is 0.387 e. The first-order chi connectivity index (χ1) is 17.8. The molecule has 0 radical (unpaired) electrons. The highest BCUT2D eigenvalue weighted by Gasteiger charge is 2.36. The Morgan fingerprint density at radius 1 is 1.11 bits per heavy atom. The molecule has 2 aromatic heterocycles. The van der Waals surface area contributed by atoms with Crippen LogP contribution in [0.5, 0.6) is 5.75 Å². The van der Waals surface area contributed by atoms with E-state index >= 15 is 0 Å². The predicted octanol–water partition coefficient (Wildman–Crippen LogP) is 2.89. The van der Waals surface area contributed by atoms with Crippen molar-refractivity contribution in [2.45, 2.75) is 31.6 Å². The van der Waals surface area contributed by atoms with E-state index in [1.165, 1.54) is 10.7 Å². The van der Waals surface area contributed by atoms with Crippen LogP contribution in [0.3, 0.4) is 0 Å². The first kappa shape index (κ1) is 24.6. The summed E-state index contributed by atoms with van der Waals surface area (Å²) in [6, 6.07) is 11.8. The summed E-state index contributed by atoms with van der Waals surface area (Å²) < 4.78 is 33.6. The number of aromatic nitrogens is 4. The summed E-state index contributed by atoms with van der Waals surface area (Å²) in [5.41, 5.74) is 1.13. The van der Waals surface area contributed by atoms with Gasteiger partial charge in [0.25, 0.3) is 5.56 Å². The second kappa shape index (κ2) is 9.74. The Morgan fingerprint density at radius 3 is 2.49 bits per heavy atom. The summed E-state index contributed by atoms with van der Waals surface area (Å²) >= 11 is 0. The van der Waals surface area contributed by atoms with Crippen molar-refractivity contribution in [1.29, 1.82) is 0 Å². The number of carbonyl (C=O) groups is 1. The molecule has 1 aliphatic heterocycles. The van der Waals surface area contributed by atoms with Gasteiger partial charge >= 0.3 is 6.61 Å². The summed E-state index contributed by atoms with van der Waals surface area (Å²) in [6.07, 6.45) is 4.71. The van der Waals surface area contributed by atoms with Gasteiger partial charge in [0.15, 0.2) is 5.82 Å². The topological polar surface area (TPSA) is 102 Å². The second-order valence-corrected chi connectivity index (χ2v) is 9.07. The quantitative estimate of drug-likeness (QED) is 0.385. The molecule has 37 heavy (non-hydrogen) atoms. The molecule has 1 saturated heterocycles. The first-order valence-corrected chi connectivity index (χ1v) is 11.8. The van der Waals surface area contributed by atoms with Gasteiger partial charge in [0.1, 0.15) is 11.4 Å². The second-order valence-electron chi connectivity index (χ2n) is 9.07. The van der Waals surface area contributed by atoms with Crippen LogP contribution in [0.4, 0.5) is 8.78 Å². The SMILES string of the molecule is Cn1c(=O)c2ccc(-c3cnc(C4(O)CCN(C=O)CC4)nc3)cc2n1Cc1ccccc1OC(F)F. The number of para-hydroxylation sites is 1. The van der Waals surface area contributed by atoms with Crippen molar-refractivity contribution in [3.63, 3.8) is 0 Å². The van der Waals surface area contributed by atoms with Crippen LogP contribution in [0.1, 0.15) is 24.2 Å². The van der Waals surface area contributed by atoms with Gasteiger partial charge in [0.2, 0.25) is 6.41 Å². The van der Waals surface area contributed by atoms with Gasteiger partial charge in [0, 0.05) is 56.5 Å². The Labute approximate surface area is 210 Å². The van der Waals surface area contributed by atoms with Crippen LogP contribution >= 0.6 is 0 Å². The van der Waals surface area contributed by atoms with Crippen molar-refractivity contribution in [2.24, 2.45) is 7.05 Å². The standard InChI is InChI=1S/C26H25F2N5O4/c1-31-23(35)20-7-6-17(12-21(20)33(31)15-18-4-2-3-5-22(18)37-25(27)28)19-13-29-24(30-14-19)26(36)8-10-32(16-34)11-9-26/h2-7,12-14,16,25,36H,8-11,15H2,1H3. The summed E-state index contributed by atoms with van der Waals surface area (Å²) in [5, 5.41) is 11.5. The molecule has 1 N–H and O–H groups in total. The summed E-state index contributed by atoms with van der Waals surface area (Å²) in [7, 11) is 1.62. The minimum atomic E-state index is -2.96. The zero-order valence-corrected chi connectivity index (χ0v) is 20.1. The molecule has 192 valence electrons. The van der Waals surface area contributed by atoms with Gasteiger partial charge in [0.05, 0.1) is 17.4 Å². The minimum absolute atomic E-state index is 0.0452. The van der Waals surface area contributed by atoms with Gasteiger partial charge < -0.3 is 14.7 Å². The van der Waals surface area contributed by atoms with Crippen LogP contribution in [-0.2, 0) is 24.0 Å². The molecular formula is C26H25F2N5O4. The fourth-order valence-electron chi connectivity index (χ4n) is 4.69. The molecule has 0 atom stereocenters. The van der Waals surface area contributed by atoms with Crippen LogP contribution in [0.2, 0.25) is 0 Å². The van der Waals surface area contributed by atoms with E-state index in [0.717, 1.165) is 12.0 Å².